The zero-order chi connectivity index (χ0) is 11.0. The Morgan fingerprint density at radius 2 is 2.00 bits per heavy atom. The maximum atomic E-state index is 5.78. The average molecular weight is 234 g/mol. The van der Waals surface area contributed by atoms with E-state index in [1.165, 1.54) is 15.1 Å². The van der Waals surface area contributed by atoms with E-state index in [-0.39, 0.29) is 0 Å². The summed E-state index contributed by atoms with van der Waals surface area (Å²) in [6.45, 7) is 3.64. The molecule has 1 aromatic carbocycles. The molecule has 0 bridgehead atoms. The molecule has 16 heavy (non-hydrogen) atoms. The number of benzene rings is 1. The minimum Gasteiger partial charge on any atom is -0.399 e. The van der Waals surface area contributed by atoms with Crippen LogP contribution >= 0.6 is 11.3 Å². The van der Waals surface area contributed by atoms with Crippen LogP contribution < -0.4 is 10.6 Å². The number of thiophene rings is 1. The van der Waals surface area contributed by atoms with Crippen LogP contribution in [0.3, 0.4) is 0 Å². The highest BCUT2D eigenvalue weighted by atomic mass is 32.1. The molecule has 0 atom stereocenters. The summed E-state index contributed by atoms with van der Waals surface area (Å²) in [5.74, 6) is 0. The number of anilines is 2. The van der Waals surface area contributed by atoms with Gasteiger partial charge in [-0.25, -0.2) is 0 Å². The lowest BCUT2D eigenvalue weighted by Gasteiger charge is -2.27. The van der Waals surface area contributed by atoms with E-state index in [0.29, 0.717) is 0 Å². The molecule has 2 heterocycles. The van der Waals surface area contributed by atoms with Gasteiger partial charge in [0.05, 0.1) is 18.2 Å². The second kappa shape index (κ2) is 3.96. The number of rotatable bonds is 1. The van der Waals surface area contributed by atoms with Crippen LogP contribution in [0, 0.1) is 0 Å². The third kappa shape index (κ3) is 1.74. The van der Waals surface area contributed by atoms with Gasteiger partial charge >= 0.3 is 0 Å². The number of fused-ring (bicyclic) bond motifs is 1. The van der Waals surface area contributed by atoms with Gasteiger partial charge in [-0.3, -0.25) is 0 Å². The first-order chi connectivity index (χ1) is 7.83. The van der Waals surface area contributed by atoms with Crippen molar-refractivity contribution in [2.75, 3.05) is 36.9 Å². The maximum absolute atomic E-state index is 5.78. The lowest BCUT2D eigenvalue weighted by atomic mass is 10.2. The molecule has 1 saturated heterocycles. The Kier molecular flexibility index (Phi) is 2.46. The minimum atomic E-state index is 0.830. The van der Waals surface area contributed by atoms with Gasteiger partial charge in [-0.15, -0.1) is 11.3 Å². The van der Waals surface area contributed by atoms with Crippen LogP contribution in [-0.4, -0.2) is 26.3 Å². The Bertz CT molecular complexity index is 503. The van der Waals surface area contributed by atoms with E-state index in [2.05, 4.69) is 17.0 Å². The third-order valence-electron chi connectivity index (χ3n) is 2.85. The molecule has 0 amide bonds. The number of morpholine rings is 1. The summed E-state index contributed by atoms with van der Waals surface area (Å²) in [5.41, 5.74) is 6.61. The number of hydrogen-bond acceptors (Lipinski definition) is 4. The quantitative estimate of drug-likeness (QED) is 0.770. The molecule has 2 aromatic rings. The van der Waals surface area contributed by atoms with E-state index in [1.807, 2.05) is 23.5 Å². The molecule has 3 nitrogen and oxygen atoms in total. The molecule has 2 N–H and O–H groups in total. The Balaban J connectivity index is 1.97. The van der Waals surface area contributed by atoms with E-state index in [9.17, 15) is 0 Å². The molecular weight excluding hydrogens is 220 g/mol. The van der Waals surface area contributed by atoms with Gasteiger partial charge in [0.25, 0.3) is 0 Å². The highest BCUT2D eigenvalue weighted by Gasteiger charge is 2.13. The van der Waals surface area contributed by atoms with Crippen LogP contribution in [0.25, 0.3) is 10.1 Å². The Morgan fingerprint density at radius 3 is 2.81 bits per heavy atom. The standard InChI is InChI=1S/C12H14N2OS/c13-10-1-2-11-9(7-10)8-12(16-11)14-3-5-15-6-4-14/h1-2,7-8H,3-6,13H2. The zero-order valence-corrected chi connectivity index (χ0v) is 9.80. The molecule has 0 saturated carbocycles. The van der Waals surface area contributed by atoms with E-state index in [1.54, 1.807) is 0 Å². The lowest BCUT2D eigenvalue weighted by molar-refractivity contribution is 0.123. The summed E-state index contributed by atoms with van der Waals surface area (Å²) in [6.07, 6.45) is 0. The number of nitrogen functional groups attached to an aromatic ring is 1. The molecule has 1 aromatic heterocycles. The van der Waals surface area contributed by atoms with Crippen molar-refractivity contribution in [3.8, 4) is 0 Å². The first-order valence-electron chi connectivity index (χ1n) is 5.45. The number of ether oxygens (including phenoxy) is 1. The highest BCUT2D eigenvalue weighted by Crippen LogP contribution is 2.33. The number of nitrogens with zero attached hydrogens (tertiary/aromatic N) is 1. The first kappa shape index (κ1) is 9.93. The van der Waals surface area contributed by atoms with Crippen LogP contribution in [0.2, 0.25) is 0 Å². The molecule has 0 spiro atoms. The molecule has 0 radical (unpaired) electrons. The summed E-state index contributed by atoms with van der Waals surface area (Å²) in [5, 5.41) is 2.57. The minimum absolute atomic E-state index is 0.830. The van der Waals surface area contributed by atoms with Crippen LogP contribution in [0.1, 0.15) is 0 Å². The predicted molar refractivity (Wildman–Crippen MR) is 69.3 cm³/mol. The number of nitrogens with two attached hydrogens (primary N) is 1. The Morgan fingerprint density at radius 1 is 1.19 bits per heavy atom. The topological polar surface area (TPSA) is 38.5 Å². The predicted octanol–water partition coefficient (Wildman–Crippen LogP) is 2.32. The van der Waals surface area contributed by atoms with Crippen molar-refractivity contribution < 1.29 is 4.74 Å². The molecule has 1 aliphatic heterocycles. The summed E-state index contributed by atoms with van der Waals surface area (Å²) in [7, 11) is 0. The molecule has 0 unspecified atom stereocenters. The van der Waals surface area contributed by atoms with Gasteiger partial charge in [-0.2, -0.15) is 0 Å². The van der Waals surface area contributed by atoms with Crippen LogP contribution in [0.15, 0.2) is 24.3 Å². The molecule has 3 rings (SSSR count). The molecule has 84 valence electrons. The summed E-state index contributed by atoms with van der Waals surface area (Å²) in [6, 6.07) is 8.32. The monoisotopic (exact) mass is 234 g/mol. The van der Waals surface area contributed by atoms with E-state index < -0.39 is 0 Å². The largest absolute Gasteiger partial charge is 0.399 e. The van der Waals surface area contributed by atoms with Crippen LogP contribution in [0.4, 0.5) is 10.7 Å². The van der Waals surface area contributed by atoms with Crippen molar-refractivity contribution in [3.05, 3.63) is 24.3 Å². The van der Waals surface area contributed by atoms with Gasteiger partial charge in [0.15, 0.2) is 0 Å². The highest BCUT2D eigenvalue weighted by molar-refractivity contribution is 7.22. The summed E-state index contributed by atoms with van der Waals surface area (Å²) >= 11 is 1.83. The molecule has 1 fully saturated rings. The smallest absolute Gasteiger partial charge is 0.0922 e. The average Bonchev–Trinajstić information content (AvgIpc) is 2.73. The molecule has 4 heteroatoms. The van der Waals surface area contributed by atoms with Gasteiger partial charge in [0.2, 0.25) is 0 Å². The van der Waals surface area contributed by atoms with E-state index in [0.717, 1.165) is 32.0 Å². The fraction of sp³-hybridized carbons (Fsp3) is 0.333. The van der Waals surface area contributed by atoms with Crippen molar-refractivity contribution in [3.63, 3.8) is 0 Å². The van der Waals surface area contributed by atoms with Crippen LogP contribution in [-0.2, 0) is 4.74 Å². The van der Waals surface area contributed by atoms with Crippen molar-refractivity contribution in [1.29, 1.82) is 0 Å². The Hall–Kier alpha value is -1.26. The van der Waals surface area contributed by atoms with Gasteiger partial charge in [-0.1, -0.05) is 0 Å². The van der Waals surface area contributed by atoms with Gasteiger partial charge in [0, 0.05) is 23.5 Å². The van der Waals surface area contributed by atoms with E-state index >= 15 is 0 Å². The second-order valence-corrected chi connectivity index (χ2v) is 5.04. The molecule has 1 aliphatic rings. The van der Waals surface area contributed by atoms with Crippen molar-refractivity contribution in [2.45, 2.75) is 0 Å². The van der Waals surface area contributed by atoms with Gasteiger partial charge < -0.3 is 15.4 Å². The lowest BCUT2D eigenvalue weighted by Crippen LogP contribution is -2.35. The fourth-order valence-corrected chi connectivity index (χ4v) is 3.08. The summed E-state index contributed by atoms with van der Waals surface area (Å²) < 4.78 is 6.66. The number of hydrogen-bond donors (Lipinski definition) is 1. The normalized spacial score (nSPS) is 16.9. The zero-order valence-electron chi connectivity index (χ0n) is 8.98. The Labute approximate surface area is 98.4 Å². The SMILES string of the molecule is Nc1ccc2sc(N3CCOCC3)cc2c1. The van der Waals surface area contributed by atoms with E-state index in [4.69, 9.17) is 10.5 Å². The fourth-order valence-electron chi connectivity index (χ4n) is 1.99. The molecule has 0 aliphatic carbocycles. The second-order valence-electron chi connectivity index (χ2n) is 3.98. The molecular formula is C12H14N2OS. The van der Waals surface area contributed by atoms with Crippen molar-refractivity contribution in [1.82, 2.24) is 0 Å². The van der Waals surface area contributed by atoms with Gasteiger partial charge in [0.1, 0.15) is 0 Å². The first-order valence-corrected chi connectivity index (χ1v) is 6.26. The van der Waals surface area contributed by atoms with Crippen LogP contribution in [0.5, 0.6) is 0 Å². The van der Waals surface area contributed by atoms with Gasteiger partial charge in [-0.05, 0) is 29.7 Å². The van der Waals surface area contributed by atoms with Crippen molar-refractivity contribution in [2.24, 2.45) is 0 Å². The summed E-state index contributed by atoms with van der Waals surface area (Å²) in [4.78, 5) is 2.38. The van der Waals surface area contributed by atoms with Crippen molar-refractivity contribution >= 4 is 32.1 Å². The third-order valence-corrected chi connectivity index (χ3v) is 4.03. The maximum Gasteiger partial charge on any atom is 0.0922 e.